The number of hydrogen-bond donors (Lipinski definition) is 2. The first-order chi connectivity index (χ1) is 11.7. The molecule has 4 rings (SSSR count). The van der Waals surface area contributed by atoms with Crippen LogP contribution in [0.4, 0.5) is 23.1 Å². The van der Waals surface area contributed by atoms with E-state index in [1.54, 1.807) is 6.07 Å². The normalized spacial score (nSPS) is 17.0. The van der Waals surface area contributed by atoms with Gasteiger partial charge in [0.2, 0.25) is 5.95 Å². The molecule has 6 heteroatoms. The Labute approximate surface area is 147 Å². The Hall–Kier alpha value is -2.01. The average molecular weight is 344 g/mol. The summed E-state index contributed by atoms with van der Waals surface area (Å²) in [5, 5.41) is 3.89. The van der Waals surface area contributed by atoms with Gasteiger partial charge in [-0.25, -0.2) is 4.98 Å². The molecule has 0 spiro atoms. The van der Waals surface area contributed by atoms with E-state index in [-0.39, 0.29) is 0 Å². The van der Waals surface area contributed by atoms with E-state index < -0.39 is 0 Å². The minimum absolute atomic E-state index is 0.607. The third-order valence-corrected chi connectivity index (χ3v) is 4.96. The lowest BCUT2D eigenvalue weighted by atomic mass is 9.96. The van der Waals surface area contributed by atoms with Crippen LogP contribution in [-0.2, 0) is 12.8 Å². The first kappa shape index (κ1) is 15.5. The second-order valence-electron chi connectivity index (χ2n) is 6.60. The largest absolute Gasteiger partial charge is 0.399 e. The number of hydrogen-bond acceptors (Lipinski definition) is 5. The van der Waals surface area contributed by atoms with Crippen molar-refractivity contribution in [3.63, 3.8) is 0 Å². The van der Waals surface area contributed by atoms with Gasteiger partial charge in [0, 0.05) is 35.1 Å². The van der Waals surface area contributed by atoms with E-state index in [1.807, 2.05) is 12.1 Å². The van der Waals surface area contributed by atoms with Crippen molar-refractivity contribution >= 4 is 34.7 Å². The van der Waals surface area contributed by atoms with Gasteiger partial charge in [-0.15, -0.1) is 0 Å². The summed E-state index contributed by atoms with van der Waals surface area (Å²) in [6, 6.07) is 5.43. The maximum Gasteiger partial charge on any atom is 0.229 e. The predicted molar refractivity (Wildman–Crippen MR) is 99.3 cm³/mol. The molecule has 0 unspecified atom stereocenters. The molecule has 0 radical (unpaired) electrons. The van der Waals surface area contributed by atoms with Gasteiger partial charge in [0.15, 0.2) is 0 Å². The summed E-state index contributed by atoms with van der Waals surface area (Å²) in [6.07, 6.45) is 7.04. The molecule has 1 aliphatic heterocycles. The first-order valence-electron chi connectivity index (χ1n) is 8.67. The lowest BCUT2D eigenvalue weighted by molar-refractivity contribution is 0.660. The van der Waals surface area contributed by atoms with E-state index in [2.05, 4.69) is 10.2 Å². The highest BCUT2D eigenvalue weighted by Gasteiger charge is 2.23. The van der Waals surface area contributed by atoms with Crippen LogP contribution in [0.15, 0.2) is 18.2 Å². The molecule has 2 aromatic rings. The molecule has 0 amide bonds. The highest BCUT2D eigenvalue weighted by Crippen LogP contribution is 2.32. The second kappa shape index (κ2) is 6.48. The summed E-state index contributed by atoms with van der Waals surface area (Å²) < 4.78 is 0. The molecule has 1 fully saturated rings. The van der Waals surface area contributed by atoms with Crippen LogP contribution >= 0.6 is 11.6 Å². The molecular weight excluding hydrogens is 322 g/mol. The van der Waals surface area contributed by atoms with Crippen LogP contribution in [0.2, 0.25) is 5.02 Å². The topological polar surface area (TPSA) is 67.1 Å². The van der Waals surface area contributed by atoms with Crippen LogP contribution in [0, 0.1) is 0 Å². The molecule has 0 atom stereocenters. The number of nitrogens with one attached hydrogen (secondary N) is 1. The molecule has 24 heavy (non-hydrogen) atoms. The SMILES string of the molecule is Nc1cc(Cl)cc(Nc2nc3c(c(N4CCCC4)n2)CCCC3)c1. The monoisotopic (exact) mass is 343 g/mol. The van der Waals surface area contributed by atoms with Gasteiger partial charge in [0.05, 0.1) is 5.69 Å². The fraction of sp³-hybridized carbons (Fsp3) is 0.444. The lowest BCUT2D eigenvalue weighted by Gasteiger charge is -2.25. The zero-order chi connectivity index (χ0) is 16.5. The molecule has 1 saturated heterocycles. The molecule has 1 aliphatic carbocycles. The van der Waals surface area contributed by atoms with Crippen LogP contribution in [0.5, 0.6) is 0 Å². The molecule has 3 N–H and O–H groups in total. The zero-order valence-corrected chi connectivity index (χ0v) is 14.4. The van der Waals surface area contributed by atoms with Crippen molar-refractivity contribution in [3.05, 3.63) is 34.5 Å². The maximum atomic E-state index is 6.10. The quantitative estimate of drug-likeness (QED) is 0.826. The smallest absolute Gasteiger partial charge is 0.229 e. The van der Waals surface area contributed by atoms with E-state index in [1.165, 1.54) is 36.9 Å². The van der Waals surface area contributed by atoms with Crippen LogP contribution in [-0.4, -0.2) is 23.1 Å². The van der Waals surface area contributed by atoms with Crippen molar-refractivity contribution in [1.29, 1.82) is 0 Å². The Morgan fingerprint density at radius 3 is 2.58 bits per heavy atom. The number of aryl methyl sites for hydroxylation is 1. The Bertz CT molecular complexity index is 735. The molecule has 1 aromatic heterocycles. The zero-order valence-electron chi connectivity index (χ0n) is 13.7. The molecule has 5 nitrogen and oxygen atoms in total. The fourth-order valence-electron chi connectivity index (χ4n) is 3.63. The number of aromatic nitrogens is 2. The van der Waals surface area contributed by atoms with Gasteiger partial charge in [0.1, 0.15) is 5.82 Å². The van der Waals surface area contributed by atoms with Gasteiger partial charge in [-0.2, -0.15) is 4.98 Å². The van der Waals surface area contributed by atoms with Crippen LogP contribution in [0.1, 0.15) is 36.9 Å². The molecule has 0 saturated carbocycles. The Balaban J connectivity index is 1.71. The van der Waals surface area contributed by atoms with Gasteiger partial charge >= 0.3 is 0 Å². The molecule has 2 aliphatic rings. The standard InChI is InChI=1S/C18H22ClN5/c19-12-9-13(20)11-14(10-12)21-18-22-16-6-2-1-5-15(16)17(23-18)24-7-3-4-8-24/h9-11H,1-8,20H2,(H,21,22,23). The number of anilines is 4. The van der Waals surface area contributed by atoms with Gasteiger partial charge in [-0.1, -0.05) is 11.6 Å². The third-order valence-electron chi connectivity index (χ3n) is 4.74. The predicted octanol–water partition coefficient (Wildman–Crippen LogP) is 3.93. The molecule has 2 heterocycles. The van der Waals surface area contributed by atoms with Crippen LogP contribution in [0.3, 0.4) is 0 Å². The van der Waals surface area contributed by atoms with E-state index in [0.29, 0.717) is 16.7 Å². The first-order valence-corrected chi connectivity index (χ1v) is 9.05. The minimum Gasteiger partial charge on any atom is -0.399 e. The summed E-state index contributed by atoms with van der Waals surface area (Å²) in [6.45, 7) is 2.18. The number of benzene rings is 1. The van der Waals surface area contributed by atoms with Gasteiger partial charge in [-0.3, -0.25) is 0 Å². The highest BCUT2D eigenvalue weighted by atomic mass is 35.5. The van der Waals surface area contributed by atoms with Crippen molar-refractivity contribution in [2.75, 3.05) is 29.0 Å². The molecule has 1 aromatic carbocycles. The number of rotatable bonds is 3. The molecule has 0 bridgehead atoms. The lowest BCUT2D eigenvalue weighted by Crippen LogP contribution is -2.24. The molecule has 126 valence electrons. The van der Waals surface area contributed by atoms with E-state index >= 15 is 0 Å². The van der Waals surface area contributed by atoms with Crippen molar-refractivity contribution in [2.24, 2.45) is 0 Å². The van der Waals surface area contributed by atoms with Gasteiger partial charge < -0.3 is 16.0 Å². The van der Waals surface area contributed by atoms with E-state index in [9.17, 15) is 0 Å². The second-order valence-corrected chi connectivity index (χ2v) is 7.03. The Morgan fingerprint density at radius 2 is 1.79 bits per heavy atom. The summed E-state index contributed by atoms with van der Waals surface area (Å²) >= 11 is 6.10. The number of nitrogen functional groups attached to an aromatic ring is 1. The summed E-state index contributed by atoms with van der Waals surface area (Å²) in [5.74, 6) is 1.76. The van der Waals surface area contributed by atoms with Crippen molar-refractivity contribution in [1.82, 2.24) is 9.97 Å². The van der Waals surface area contributed by atoms with Crippen molar-refractivity contribution in [2.45, 2.75) is 38.5 Å². The maximum absolute atomic E-state index is 6.10. The van der Waals surface area contributed by atoms with Gasteiger partial charge in [-0.05, 0) is 56.7 Å². The Morgan fingerprint density at radius 1 is 1.00 bits per heavy atom. The molecular formula is C18H22ClN5. The average Bonchev–Trinajstić information content (AvgIpc) is 3.07. The number of halogens is 1. The Kier molecular flexibility index (Phi) is 4.19. The highest BCUT2D eigenvalue weighted by molar-refractivity contribution is 6.31. The number of fused-ring (bicyclic) bond motifs is 1. The van der Waals surface area contributed by atoms with Crippen molar-refractivity contribution < 1.29 is 0 Å². The van der Waals surface area contributed by atoms with Crippen LogP contribution in [0.25, 0.3) is 0 Å². The van der Waals surface area contributed by atoms with Crippen molar-refractivity contribution in [3.8, 4) is 0 Å². The van der Waals surface area contributed by atoms with E-state index in [4.69, 9.17) is 27.3 Å². The summed E-state index contributed by atoms with van der Waals surface area (Å²) in [4.78, 5) is 12.0. The third kappa shape index (κ3) is 3.13. The minimum atomic E-state index is 0.607. The summed E-state index contributed by atoms with van der Waals surface area (Å²) in [5.41, 5.74) is 9.87. The number of nitrogens with zero attached hydrogens (tertiary/aromatic N) is 3. The number of nitrogens with two attached hydrogens (primary N) is 1. The summed E-state index contributed by atoms with van der Waals surface area (Å²) in [7, 11) is 0. The fourth-order valence-corrected chi connectivity index (χ4v) is 3.88. The van der Waals surface area contributed by atoms with Gasteiger partial charge in [0.25, 0.3) is 0 Å². The van der Waals surface area contributed by atoms with E-state index in [0.717, 1.165) is 37.4 Å². The van der Waals surface area contributed by atoms with Crippen LogP contribution < -0.4 is 16.0 Å².